The van der Waals surface area contributed by atoms with E-state index < -0.39 is 0 Å². The van der Waals surface area contributed by atoms with Gasteiger partial charge in [0.2, 0.25) is 0 Å². The Morgan fingerprint density at radius 1 is 0.850 bits per heavy atom. The van der Waals surface area contributed by atoms with Gasteiger partial charge in [0.05, 0.1) is 6.61 Å². The highest BCUT2D eigenvalue weighted by Gasteiger charge is 1.96. The van der Waals surface area contributed by atoms with Crippen LogP contribution in [0, 0.1) is 12.3 Å². The number of unbranched alkanes of at least 4 members (excludes halogenated alkanes) is 6. The Bertz CT molecular complexity index is 375. The van der Waals surface area contributed by atoms with E-state index in [1.54, 1.807) is 0 Å². The highest BCUT2D eigenvalue weighted by atomic mass is 16.5. The van der Waals surface area contributed by atoms with Crippen LogP contribution < -0.4 is 9.47 Å². The molecule has 1 aromatic rings. The SMILES string of the molecule is C#CCOc1ccc(OCCCCCCCCC)cc1. The monoisotopic (exact) mass is 274 g/mol. The molecule has 0 unspecified atom stereocenters. The zero-order valence-corrected chi connectivity index (χ0v) is 12.6. The molecule has 0 aromatic heterocycles. The molecular weight excluding hydrogens is 248 g/mol. The van der Waals surface area contributed by atoms with Gasteiger partial charge in [0.15, 0.2) is 0 Å². The maximum atomic E-state index is 5.70. The molecule has 0 heterocycles. The van der Waals surface area contributed by atoms with Gasteiger partial charge in [-0.3, -0.25) is 0 Å². The van der Waals surface area contributed by atoms with Gasteiger partial charge in [-0.05, 0) is 30.7 Å². The molecule has 20 heavy (non-hydrogen) atoms. The summed E-state index contributed by atoms with van der Waals surface area (Å²) in [5, 5.41) is 0. The lowest BCUT2D eigenvalue weighted by Crippen LogP contribution is -1.98. The normalized spacial score (nSPS) is 10.0. The Kier molecular flexibility index (Phi) is 9.23. The molecule has 0 N–H and O–H groups in total. The molecule has 1 aromatic carbocycles. The summed E-state index contributed by atoms with van der Waals surface area (Å²) in [6.45, 7) is 3.34. The van der Waals surface area contributed by atoms with Crippen LogP contribution in [0.2, 0.25) is 0 Å². The van der Waals surface area contributed by atoms with Crippen molar-refractivity contribution in [1.29, 1.82) is 0 Å². The van der Waals surface area contributed by atoms with E-state index in [9.17, 15) is 0 Å². The highest BCUT2D eigenvalue weighted by molar-refractivity contribution is 5.31. The van der Waals surface area contributed by atoms with Crippen molar-refractivity contribution in [3.8, 4) is 23.8 Å². The first-order valence-electron chi connectivity index (χ1n) is 7.66. The highest BCUT2D eigenvalue weighted by Crippen LogP contribution is 2.18. The summed E-state index contributed by atoms with van der Waals surface area (Å²) >= 11 is 0. The Labute approximate surface area is 123 Å². The minimum Gasteiger partial charge on any atom is -0.494 e. The average molecular weight is 274 g/mol. The number of terminal acetylenes is 1. The number of benzene rings is 1. The molecule has 110 valence electrons. The van der Waals surface area contributed by atoms with E-state index in [1.165, 1.54) is 38.5 Å². The van der Waals surface area contributed by atoms with Gasteiger partial charge in [0, 0.05) is 0 Å². The second kappa shape index (κ2) is 11.2. The van der Waals surface area contributed by atoms with Crippen LogP contribution in [-0.2, 0) is 0 Å². The molecule has 0 atom stereocenters. The fourth-order valence-corrected chi connectivity index (χ4v) is 2.01. The summed E-state index contributed by atoms with van der Waals surface area (Å²) in [4.78, 5) is 0. The van der Waals surface area contributed by atoms with E-state index in [0.717, 1.165) is 24.5 Å². The summed E-state index contributed by atoms with van der Waals surface area (Å²) in [6.07, 6.45) is 14.2. The minimum absolute atomic E-state index is 0.304. The lowest BCUT2D eigenvalue weighted by Gasteiger charge is -2.07. The second-order valence-corrected chi connectivity index (χ2v) is 4.93. The summed E-state index contributed by atoms with van der Waals surface area (Å²) in [7, 11) is 0. The van der Waals surface area contributed by atoms with Crippen molar-refractivity contribution in [2.45, 2.75) is 51.9 Å². The van der Waals surface area contributed by atoms with Crippen molar-refractivity contribution in [3.05, 3.63) is 24.3 Å². The summed E-state index contributed by atoms with van der Waals surface area (Å²) in [5.74, 6) is 4.12. The molecule has 0 bridgehead atoms. The van der Waals surface area contributed by atoms with Crippen LogP contribution >= 0.6 is 0 Å². The van der Waals surface area contributed by atoms with E-state index in [0.29, 0.717) is 6.61 Å². The molecule has 0 aliphatic heterocycles. The topological polar surface area (TPSA) is 18.5 Å². The Morgan fingerprint density at radius 3 is 2.00 bits per heavy atom. The van der Waals surface area contributed by atoms with Crippen LogP contribution in [-0.4, -0.2) is 13.2 Å². The lowest BCUT2D eigenvalue weighted by atomic mass is 10.1. The molecule has 0 fully saturated rings. The third-order valence-corrected chi connectivity index (χ3v) is 3.16. The fourth-order valence-electron chi connectivity index (χ4n) is 2.01. The van der Waals surface area contributed by atoms with Gasteiger partial charge in [0.25, 0.3) is 0 Å². The van der Waals surface area contributed by atoms with Crippen molar-refractivity contribution in [1.82, 2.24) is 0 Å². The third-order valence-electron chi connectivity index (χ3n) is 3.16. The number of hydrogen-bond donors (Lipinski definition) is 0. The molecule has 0 saturated carbocycles. The fraction of sp³-hybridized carbons (Fsp3) is 0.556. The molecule has 2 heteroatoms. The Balaban J connectivity index is 2.06. The van der Waals surface area contributed by atoms with Crippen LogP contribution in [0.25, 0.3) is 0 Å². The van der Waals surface area contributed by atoms with E-state index in [-0.39, 0.29) is 0 Å². The first-order chi connectivity index (χ1) is 9.86. The van der Waals surface area contributed by atoms with Gasteiger partial charge in [-0.15, -0.1) is 6.42 Å². The molecular formula is C18H26O2. The molecule has 1 rings (SSSR count). The summed E-state index contributed by atoms with van der Waals surface area (Å²) in [6, 6.07) is 7.62. The number of hydrogen-bond acceptors (Lipinski definition) is 2. The number of ether oxygens (including phenoxy) is 2. The quantitative estimate of drug-likeness (QED) is 0.425. The minimum atomic E-state index is 0.304. The lowest BCUT2D eigenvalue weighted by molar-refractivity contribution is 0.303. The largest absolute Gasteiger partial charge is 0.494 e. The molecule has 0 aliphatic rings. The van der Waals surface area contributed by atoms with Crippen molar-refractivity contribution in [2.75, 3.05) is 13.2 Å². The molecule has 2 nitrogen and oxygen atoms in total. The maximum absolute atomic E-state index is 5.70. The van der Waals surface area contributed by atoms with Gasteiger partial charge in [-0.1, -0.05) is 51.4 Å². The summed E-state index contributed by atoms with van der Waals surface area (Å²) in [5.41, 5.74) is 0. The van der Waals surface area contributed by atoms with Crippen molar-refractivity contribution < 1.29 is 9.47 Å². The maximum Gasteiger partial charge on any atom is 0.148 e. The van der Waals surface area contributed by atoms with Crippen LogP contribution in [0.1, 0.15) is 51.9 Å². The van der Waals surface area contributed by atoms with Gasteiger partial charge in [0.1, 0.15) is 18.1 Å². The van der Waals surface area contributed by atoms with E-state index in [1.807, 2.05) is 24.3 Å². The Morgan fingerprint density at radius 2 is 1.40 bits per heavy atom. The van der Waals surface area contributed by atoms with Crippen LogP contribution in [0.4, 0.5) is 0 Å². The van der Waals surface area contributed by atoms with Crippen molar-refractivity contribution in [2.24, 2.45) is 0 Å². The molecule has 0 amide bonds. The van der Waals surface area contributed by atoms with Gasteiger partial charge in [-0.25, -0.2) is 0 Å². The van der Waals surface area contributed by atoms with Gasteiger partial charge < -0.3 is 9.47 Å². The smallest absolute Gasteiger partial charge is 0.148 e. The van der Waals surface area contributed by atoms with Crippen molar-refractivity contribution >= 4 is 0 Å². The first-order valence-corrected chi connectivity index (χ1v) is 7.66. The predicted octanol–water partition coefficient (Wildman–Crippen LogP) is 4.83. The van der Waals surface area contributed by atoms with E-state index >= 15 is 0 Å². The van der Waals surface area contributed by atoms with Crippen molar-refractivity contribution in [3.63, 3.8) is 0 Å². The Hall–Kier alpha value is -1.62. The third kappa shape index (κ3) is 7.74. The molecule has 0 radical (unpaired) electrons. The first kappa shape index (κ1) is 16.4. The second-order valence-electron chi connectivity index (χ2n) is 4.93. The van der Waals surface area contributed by atoms with Crippen LogP contribution in [0.3, 0.4) is 0 Å². The average Bonchev–Trinajstić information content (AvgIpc) is 2.49. The molecule has 0 spiro atoms. The summed E-state index contributed by atoms with van der Waals surface area (Å²) < 4.78 is 11.0. The van der Waals surface area contributed by atoms with E-state index in [4.69, 9.17) is 15.9 Å². The molecule has 0 aliphatic carbocycles. The number of rotatable bonds is 11. The standard InChI is InChI=1S/C18H26O2/c1-3-5-6-7-8-9-10-16-20-18-13-11-17(12-14-18)19-15-4-2/h2,11-14H,3,5-10,15-16H2,1H3. The van der Waals surface area contributed by atoms with E-state index in [2.05, 4.69) is 12.8 Å². The zero-order chi connectivity index (χ0) is 14.5. The van der Waals surface area contributed by atoms with Gasteiger partial charge in [-0.2, -0.15) is 0 Å². The van der Waals surface area contributed by atoms with Crippen LogP contribution in [0.5, 0.6) is 11.5 Å². The van der Waals surface area contributed by atoms with Gasteiger partial charge >= 0.3 is 0 Å². The molecule has 0 saturated heterocycles. The zero-order valence-electron chi connectivity index (χ0n) is 12.6. The van der Waals surface area contributed by atoms with Crippen LogP contribution in [0.15, 0.2) is 24.3 Å². The predicted molar refractivity (Wildman–Crippen MR) is 84.3 cm³/mol.